The maximum Gasteiger partial charge on any atom is 0.416 e. The smallest absolute Gasteiger partial charge is 0.345 e. The van der Waals surface area contributed by atoms with E-state index in [4.69, 9.17) is 0 Å². The predicted octanol–water partition coefficient (Wildman–Crippen LogP) is 5.13. The highest BCUT2D eigenvalue weighted by Gasteiger charge is 2.37. The number of carbonyl (C=O) groups is 1. The number of nitrogens with one attached hydrogen (secondary N) is 1. The molecule has 3 rings (SSSR count). The summed E-state index contributed by atoms with van der Waals surface area (Å²) in [5.74, 6) is -0.819. The highest BCUT2D eigenvalue weighted by atomic mass is 32.1. The summed E-state index contributed by atoms with van der Waals surface area (Å²) >= 11 is 1.14. The molecule has 2 aromatic heterocycles. The van der Waals surface area contributed by atoms with Gasteiger partial charge in [0.2, 0.25) is 0 Å². The van der Waals surface area contributed by atoms with Crippen LogP contribution in [0.15, 0.2) is 42.2 Å². The van der Waals surface area contributed by atoms with Gasteiger partial charge in [-0.25, -0.2) is 15.0 Å². The number of rotatable bonds is 4. The molecule has 1 atom stereocenters. The van der Waals surface area contributed by atoms with Crippen LogP contribution in [0.5, 0.6) is 0 Å². The van der Waals surface area contributed by atoms with Gasteiger partial charge in [0.15, 0.2) is 5.82 Å². The normalized spacial score (nSPS) is 13.2. The van der Waals surface area contributed by atoms with Crippen molar-refractivity contribution in [1.29, 1.82) is 0 Å². The van der Waals surface area contributed by atoms with Crippen LogP contribution in [0.4, 0.5) is 26.3 Å². The Morgan fingerprint density at radius 2 is 1.53 bits per heavy atom. The third-order valence-corrected chi connectivity index (χ3v) is 4.97. The van der Waals surface area contributed by atoms with Crippen LogP contribution in [0.2, 0.25) is 0 Å². The van der Waals surface area contributed by atoms with Gasteiger partial charge in [0.25, 0.3) is 5.91 Å². The van der Waals surface area contributed by atoms with Crippen LogP contribution in [-0.2, 0) is 12.4 Å². The Morgan fingerprint density at radius 3 is 2.07 bits per heavy atom. The Labute approximate surface area is 169 Å². The van der Waals surface area contributed by atoms with Crippen molar-refractivity contribution in [2.75, 3.05) is 0 Å². The number of hydrogen-bond acceptors (Lipinski definition) is 5. The molecule has 1 unspecified atom stereocenters. The fourth-order valence-corrected chi connectivity index (χ4v) is 3.37. The summed E-state index contributed by atoms with van der Waals surface area (Å²) in [5.41, 5.74) is -2.06. The second-order valence-electron chi connectivity index (χ2n) is 6.13. The van der Waals surface area contributed by atoms with Gasteiger partial charge < -0.3 is 5.32 Å². The maximum absolute atomic E-state index is 13.0. The first-order chi connectivity index (χ1) is 14.0. The second-order valence-corrected chi connectivity index (χ2v) is 7.01. The molecule has 0 bridgehead atoms. The van der Waals surface area contributed by atoms with Crippen LogP contribution in [-0.4, -0.2) is 20.9 Å². The number of amides is 1. The van der Waals surface area contributed by atoms with Crippen molar-refractivity contribution in [2.45, 2.75) is 25.3 Å². The van der Waals surface area contributed by atoms with E-state index in [0.29, 0.717) is 22.7 Å². The van der Waals surface area contributed by atoms with Crippen LogP contribution in [0.1, 0.15) is 39.3 Å². The minimum absolute atomic E-state index is 0.0335. The first-order valence-corrected chi connectivity index (χ1v) is 9.16. The van der Waals surface area contributed by atoms with E-state index < -0.39 is 41.0 Å². The van der Waals surface area contributed by atoms with Crippen LogP contribution in [0, 0.1) is 0 Å². The Kier molecular flexibility index (Phi) is 5.79. The number of thiazole rings is 1. The van der Waals surface area contributed by atoms with Gasteiger partial charge in [-0.3, -0.25) is 4.79 Å². The Bertz CT molecular complexity index is 1020. The lowest BCUT2D eigenvalue weighted by Crippen LogP contribution is -2.27. The largest absolute Gasteiger partial charge is 0.416 e. The standard InChI is InChI=1S/C18H12F6N4OS/c1-9(14-13(27-8-30-14)15-25-3-2-4-26-15)28-16(29)10-5-11(17(19,20)21)7-12(6-10)18(22,23)24/h2-9H,1H3,(H,28,29). The molecule has 0 fully saturated rings. The second kappa shape index (κ2) is 8.01. The van der Waals surface area contributed by atoms with Gasteiger partial charge in [-0.1, -0.05) is 0 Å². The van der Waals surface area contributed by atoms with Gasteiger partial charge in [0.05, 0.1) is 27.6 Å². The quantitative estimate of drug-likeness (QED) is 0.565. The fourth-order valence-electron chi connectivity index (χ4n) is 2.58. The van der Waals surface area contributed by atoms with Crippen molar-refractivity contribution in [3.05, 3.63) is 63.7 Å². The highest BCUT2D eigenvalue weighted by molar-refractivity contribution is 7.10. The molecule has 0 aliphatic rings. The zero-order valence-electron chi connectivity index (χ0n) is 15.0. The van der Waals surface area contributed by atoms with Gasteiger partial charge in [0, 0.05) is 18.0 Å². The van der Waals surface area contributed by atoms with Crippen molar-refractivity contribution in [1.82, 2.24) is 20.3 Å². The number of alkyl halides is 6. The van der Waals surface area contributed by atoms with E-state index in [9.17, 15) is 31.1 Å². The topological polar surface area (TPSA) is 67.8 Å². The van der Waals surface area contributed by atoms with Gasteiger partial charge in [-0.05, 0) is 31.2 Å². The van der Waals surface area contributed by atoms with Gasteiger partial charge in [-0.15, -0.1) is 11.3 Å². The van der Waals surface area contributed by atoms with Crippen molar-refractivity contribution < 1.29 is 31.1 Å². The van der Waals surface area contributed by atoms with E-state index in [2.05, 4.69) is 20.3 Å². The predicted molar refractivity (Wildman–Crippen MR) is 95.5 cm³/mol. The molecule has 0 radical (unpaired) electrons. The lowest BCUT2D eigenvalue weighted by Gasteiger charge is -2.16. The van der Waals surface area contributed by atoms with Crippen molar-refractivity contribution >= 4 is 17.2 Å². The van der Waals surface area contributed by atoms with E-state index >= 15 is 0 Å². The SMILES string of the molecule is CC(NC(=O)c1cc(C(F)(F)F)cc(C(F)(F)F)c1)c1scnc1-c1ncccn1. The third kappa shape index (κ3) is 4.75. The molecule has 5 nitrogen and oxygen atoms in total. The van der Waals surface area contributed by atoms with E-state index in [1.807, 2.05) is 0 Å². The van der Waals surface area contributed by atoms with E-state index in [0.717, 1.165) is 11.3 Å². The first-order valence-electron chi connectivity index (χ1n) is 8.28. The first kappa shape index (κ1) is 21.7. The lowest BCUT2D eigenvalue weighted by molar-refractivity contribution is -0.143. The van der Waals surface area contributed by atoms with E-state index in [-0.39, 0.29) is 11.9 Å². The zero-order valence-corrected chi connectivity index (χ0v) is 15.9. The summed E-state index contributed by atoms with van der Waals surface area (Å²) in [6.45, 7) is 1.52. The van der Waals surface area contributed by atoms with Crippen LogP contribution in [0.3, 0.4) is 0 Å². The summed E-state index contributed by atoms with van der Waals surface area (Å²) in [5, 5.41) is 2.41. The average molecular weight is 446 g/mol. The molecular formula is C18H12F6N4OS. The number of benzene rings is 1. The number of nitrogens with zero attached hydrogens (tertiary/aromatic N) is 3. The molecule has 1 N–H and O–H groups in total. The Balaban J connectivity index is 1.91. The molecule has 0 saturated heterocycles. The number of aromatic nitrogens is 3. The number of hydrogen-bond donors (Lipinski definition) is 1. The fraction of sp³-hybridized carbons (Fsp3) is 0.222. The van der Waals surface area contributed by atoms with Crippen molar-refractivity contribution in [2.24, 2.45) is 0 Å². The summed E-state index contributed by atoms with van der Waals surface area (Å²) < 4.78 is 78.0. The molecule has 2 heterocycles. The zero-order chi connectivity index (χ0) is 22.1. The number of halogens is 6. The van der Waals surface area contributed by atoms with E-state index in [1.54, 1.807) is 6.07 Å². The van der Waals surface area contributed by atoms with Crippen LogP contribution in [0.25, 0.3) is 11.5 Å². The molecule has 30 heavy (non-hydrogen) atoms. The molecule has 0 aliphatic heterocycles. The molecule has 0 aliphatic carbocycles. The van der Waals surface area contributed by atoms with Crippen LogP contribution >= 0.6 is 11.3 Å². The number of carbonyl (C=O) groups excluding carboxylic acids is 1. The minimum Gasteiger partial charge on any atom is -0.345 e. The average Bonchev–Trinajstić information content (AvgIpc) is 3.17. The highest BCUT2D eigenvalue weighted by Crippen LogP contribution is 2.36. The molecule has 0 spiro atoms. The molecule has 12 heteroatoms. The molecule has 1 amide bonds. The van der Waals surface area contributed by atoms with Gasteiger partial charge in [-0.2, -0.15) is 26.3 Å². The Hall–Kier alpha value is -3.02. The molecular weight excluding hydrogens is 434 g/mol. The minimum atomic E-state index is -5.04. The molecule has 0 saturated carbocycles. The van der Waals surface area contributed by atoms with Gasteiger partial charge >= 0.3 is 12.4 Å². The molecule has 158 valence electrons. The summed E-state index contributed by atoms with van der Waals surface area (Å²) in [4.78, 5) is 25.2. The summed E-state index contributed by atoms with van der Waals surface area (Å²) in [6, 6.07) is 1.55. The van der Waals surface area contributed by atoms with Crippen molar-refractivity contribution in [3.8, 4) is 11.5 Å². The molecule has 3 aromatic rings. The van der Waals surface area contributed by atoms with Crippen molar-refractivity contribution in [3.63, 3.8) is 0 Å². The summed E-state index contributed by atoms with van der Waals surface area (Å²) in [7, 11) is 0. The lowest BCUT2D eigenvalue weighted by atomic mass is 10.0. The monoisotopic (exact) mass is 446 g/mol. The maximum atomic E-state index is 13.0. The van der Waals surface area contributed by atoms with Gasteiger partial charge in [0.1, 0.15) is 5.69 Å². The summed E-state index contributed by atoms with van der Waals surface area (Å²) in [6.07, 6.45) is -7.12. The van der Waals surface area contributed by atoms with E-state index in [1.165, 1.54) is 24.8 Å². The third-order valence-electron chi connectivity index (χ3n) is 3.96. The molecule has 1 aromatic carbocycles. The van der Waals surface area contributed by atoms with Crippen LogP contribution < -0.4 is 5.32 Å². The Morgan fingerprint density at radius 1 is 0.967 bits per heavy atom.